The number of thiophene rings is 1. The molecule has 0 saturated heterocycles. The Morgan fingerprint density at radius 1 is 1.30 bits per heavy atom. The van der Waals surface area contributed by atoms with E-state index in [1.807, 2.05) is 30.5 Å². The van der Waals surface area contributed by atoms with Crippen molar-refractivity contribution < 1.29 is 4.79 Å². The van der Waals surface area contributed by atoms with Crippen LogP contribution in [0.25, 0.3) is 0 Å². The number of carbonyl (C=O) groups excluding carboxylic acids is 1. The van der Waals surface area contributed by atoms with Gasteiger partial charge in [0.05, 0.1) is 12.1 Å². The van der Waals surface area contributed by atoms with E-state index in [0.717, 1.165) is 13.0 Å². The van der Waals surface area contributed by atoms with E-state index in [1.165, 1.54) is 16.0 Å². The molecular formula is C16H18N2OS. The van der Waals surface area contributed by atoms with Gasteiger partial charge in [0.25, 0.3) is 0 Å². The third kappa shape index (κ3) is 2.76. The first-order chi connectivity index (χ1) is 9.74. The Morgan fingerprint density at radius 3 is 2.85 bits per heavy atom. The number of hydrogen-bond acceptors (Lipinski definition) is 3. The molecule has 1 aliphatic rings. The summed E-state index contributed by atoms with van der Waals surface area (Å²) < 4.78 is 0. The van der Waals surface area contributed by atoms with Crippen molar-refractivity contribution in [2.24, 2.45) is 0 Å². The second kappa shape index (κ2) is 5.77. The van der Waals surface area contributed by atoms with E-state index >= 15 is 0 Å². The molecule has 0 aliphatic carbocycles. The average molecular weight is 286 g/mol. The summed E-state index contributed by atoms with van der Waals surface area (Å²) in [6.07, 6.45) is 0.763. The molecule has 1 aromatic heterocycles. The number of fused-ring (bicyclic) bond motifs is 1. The molecule has 2 heterocycles. The van der Waals surface area contributed by atoms with Gasteiger partial charge in [-0.25, -0.2) is 0 Å². The number of hydrogen-bond donors (Lipinski definition) is 2. The Labute approximate surface area is 123 Å². The lowest BCUT2D eigenvalue weighted by Gasteiger charge is -2.26. The van der Waals surface area contributed by atoms with E-state index in [0.29, 0.717) is 0 Å². The Balaban J connectivity index is 1.64. The van der Waals surface area contributed by atoms with Gasteiger partial charge in [0.15, 0.2) is 0 Å². The Morgan fingerprint density at radius 2 is 2.10 bits per heavy atom. The van der Waals surface area contributed by atoms with Gasteiger partial charge < -0.3 is 10.6 Å². The summed E-state index contributed by atoms with van der Waals surface area (Å²) in [6.45, 7) is 2.79. The number of nitrogens with one attached hydrogen (secondary N) is 2. The zero-order chi connectivity index (χ0) is 13.9. The molecule has 1 unspecified atom stereocenters. The zero-order valence-electron chi connectivity index (χ0n) is 11.4. The van der Waals surface area contributed by atoms with Gasteiger partial charge in [0.1, 0.15) is 0 Å². The SMILES string of the molecule is C[C@@H](NC(=O)C1Cc2ccccc2CN1)c1cccs1. The van der Waals surface area contributed by atoms with Gasteiger partial charge in [-0.15, -0.1) is 11.3 Å². The Hall–Kier alpha value is -1.65. The Bertz CT molecular complexity index is 594. The van der Waals surface area contributed by atoms with Crippen molar-refractivity contribution in [1.82, 2.24) is 10.6 Å². The molecule has 3 nitrogen and oxygen atoms in total. The lowest BCUT2D eigenvalue weighted by atomic mass is 9.95. The lowest BCUT2D eigenvalue weighted by molar-refractivity contribution is -0.123. The fourth-order valence-electron chi connectivity index (χ4n) is 2.56. The van der Waals surface area contributed by atoms with Crippen LogP contribution >= 0.6 is 11.3 Å². The maximum absolute atomic E-state index is 12.3. The summed E-state index contributed by atoms with van der Waals surface area (Å²) in [6, 6.07) is 12.3. The van der Waals surface area contributed by atoms with Gasteiger partial charge in [-0.3, -0.25) is 4.79 Å². The van der Waals surface area contributed by atoms with Crippen LogP contribution in [0.15, 0.2) is 41.8 Å². The Kier molecular flexibility index (Phi) is 3.85. The van der Waals surface area contributed by atoms with Crippen LogP contribution in [0.5, 0.6) is 0 Å². The molecule has 0 spiro atoms. The van der Waals surface area contributed by atoms with Crippen LogP contribution in [-0.4, -0.2) is 11.9 Å². The minimum absolute atomic E-state index is 0.0708. The van der Waals surface area contributed by atoms with E-state index in [2.05, 4.69) is 28.8 Å². The highest BCUT2D eigenvalue weighted by Gasteiger charge is 2.25. The molecule has 20 heavy (non-hydrogen) atoms. The van der Waals surface area contributed by atoms with Gasteiger partial charge in [0, 0.05) is 11.4 Å². The maximum Gasteiger partial charge on any atom is 0.237 e. The number of benzene rings is 1. The predicted octanol–water partition coefficient (Wildman–Crippen LogP) is 2.64. The van der Waals surface area contributed by atoms with Gasteiger partial charge in [0.2, 0.25) is 5.91 Å². The monoisotopic (exact) mass is 286 g/mol. The molecule has 0 bridgehead atoms. The van der Waals surface area contributed by atoms with Crippen LogP contribution in [0.4, 0.5) is 0 Å². The fourth-order valence-corrected chi connectivity index (χ4v) is 3.30. The van der Waals surface area contributed by atoms with Crippen LogP contribution in [0.2, 0.25) is 0 Å². The van der Waals surface area contributed by atoms with E-state index in [4.69, 9.17) is 0 Å². The van der Waals surface area contributed by atoms with Crippen molar-refractivity contribution in [3.8, 4) is 0 Å². The highest BCUT2D eigenvalue weighted by Crippen LogP contribution is 2.20. The smallest absolute Gasteiger partial charge is 0.237 e. The maximum atomic E-state index is 12.3. The van der Waals surface area contributed by atoms with Crippen molar-refractivity contribution in [1.29, 1.82) is 0 Å². The van der Waals surface area contributed by atoms with Crippen LogP contribution in [0.1, 0.15) is 29.0 Å². The molecule has 1 aromatic carbocycles. The van der Waals surface area contributed by atoms with Crippen LogP contribution in [0, 0.1) is 0 Å². The first-order valence-electron chi connectivity index (χ1n) is 6.88. The van der Waals surface area contributed by atoms with E-state index in [9.17, 15) is 4.79 Å². The molecule has 3 rings (SSSR count). The van der Waals surface area contributed by atoms with E-state index in [-0.39, 0.29) is 18.0 Å². The molecule has 0 fully saturated rings. The van der Waals surface area contributed by atoms with Gasteiger partial charge in [-0.1, -0.05) is 30.3 Å². The normalized spacial score (nSPS) is 19.1. The van der Waals surface area contributed by atoms with Crippen molar-refractivity contribution in [2.45, 2.75) is 32.0 Å². The third-order valence-electron chi connectivity index (χ3n) is 3.73. The van der Waals surface area contributed by atoms with Crippen molar-refractivity contribution in [2.75, 3.05) is 0 Å². The van der Waals surface area contributed by atoms with Crippen LogP contribution in [0.3, 0.4) is 0 Å². The minimum atomic E-state index is -0.132. The summed E-state index contributed by atoms with van der Waals surface area (Å²) in [5, 5.41) is 8.44. The third-order valence-corrected chi connectivity index (χ3v) is 4.78. The second-order valence-electron chi connectivity index (χ2n) is 5.15. The number of rotatable bonds is 3. The first kappa shape index (κ1) is 13.3. The molecular weight excluding hydrogens is 268 g/mol. The van der Waals surface area contributed by atoms with E-state index < -0.39 is 0 Å². The molecule has 2 N–H and O–H groups in total. The summed E-state index contributed by atoms with van der Waals surface area (Å²) in [4.78, 5) is 13.5. The fraction of sp³-hybridized carbons (Fsp3) is 0.312. The quantitative estimate of drug-likeness (QED) is 0.910. The number of carbonyl (C=O) groups is 1. The number of amides is 1. The van der Waals surface area contributed by atoms with E-state index in [1.54, 1.807) is 11.3 Å². The van der Waals surface area contributed by atoms with Crippen molar-refractivity contribution in [3.05, 3.63) is 57.8 Å². The predicted molar refractivity (Wildman–Crippen MR) is 81.7 cm³/mol. The van der Waals surface area contributed by atoms with Crippen LogP contribution < -0.4 is 10.6 Å². The van der Waals surface area contributed by atoms with Crippen molar-refractivity contribution in [3.63, 3.8) is 0 Å². The molecule has 4 heteroatoms. The molecule has 0 saturated carbocycles. The highest BCUT2D eigenvalue weighted by atomic mass is 32.1. The summed E-state index contributed by atoms with van der Waals surface area (Å²) in [5.41, 5.74) is 2.57. The molecule has 2 aromatic rings. The lowest BCUT2D eigenvalue weighted by Crippen LogP contribution is -2.48. The topological polar surface area (TPSA) is 41.1 Å². The summed E-state index contributed by atoms with van der Waals surface area (Å²) in [5.74, 6) is 0.0837. The van der Waals surface area contributed by atoms with Gasteiger partial charge in [-0.2, -0.15) is 0 Å². The van der Waals surface area contributed by atoms with Crippen molar-refractivity contribution >= 4 is 17.2 Å². The summed E-state index contributed by atoms with van der Waals surface area (Å²) in [7, 11) is 0. The largest absolute Gasteiger partial charge is 0.347 e. The standard InChI is InChI=1S/C16H18N2OS/c1-11(15-7-4-8-20-15)18-16(19)14-9-12-5-2-3-6-13(12)10-17-14/h2-8,11,14,17H,9-10H2,1H3,(H,18,19)/t11-,14?/m1/s1. The molecule has 0 radical (unpaired) electrons. The summed E-state index contributed by atoms with van der Waals surface area (Å²) >= 11 is 1.67. The molecule has 1 aliphatic heterocycles. The van der Waals surface area contributed by atoms with Gasteiger partial charge in [-0.05, 0) is 35.9 Å². The van der Waals surface area contributed by atoms with Gasteiger partial charge >= 0.3 is 0 Å². The highest BCUT2D eigenvalue weighted by molar-refractivity contribution is 7.10. The average Bonchev–Trinajstić information content (AvgIpc) is 3.01. The minimum Gasteiger partial charge on any atom is -0.347 e. The second-order valence-corrected chi connectivity index (χ2v) is 6.13. The molecule has 1 amide bonds. The zero-order valence-corrected chi connectivity index (χ0v) is 12.2. The van der Waals surface area contributed by atoms with Crippen LogP contribution in [-0.2, 0) is 17.8 Å². The first-order valence-corrected chi connectivity index (χ1v) is 7.76. The molecule has 2 atom stereocenters. The molecule has 104 valence electrons.